The summed E-state index contributed by atoms with van der Waals surface area (Å²) in [6.07, 6.45) is 0. The van der Waals surface area contributed by atoms with E-state index in [4.69, 9.17) is 0 Å². The fourth-order valence-electron chi connectivity index (χ4n) is 4.32. The first kappa shape index (κ1) is 29.5. The molecule has 3 N–H and O–H groups in total. The number of carbonyl (C=O) groups is 3. The Morgan fingerprint density at radius 2 is 1.45 bits per heavy atom. The molecule has 0 spiro atoms. The highest BCUT2D eigenvalue weighted by Gasteiger charge is 2.22. The molecule has 0 heterocycles. The van der Waals surface area contributed by atoms with Gasteiger partial charge in [-0.3, -0.25) is 24.5 Å². The van der Waals surface area contributed by atoms with Crippen LogP contribution in [0, 0.1) is 17.0 Å². The number of nitro groups is 1. The van der Waals surface area contributed by atoms with Crippen molar-refractivity contribution in [1.82, 2.24) is 10.2 Å². The highest BCUT2D eigenvalue weighted by atomic mass is 16.6. The van der Waals surface area contributed by atoms with Crippen LogP contribution in [0.3, 0.4) is 0 Å². The Hall–Kier alpha value is -5.51. The van der Waals surface area contributed by atoms with E-state index >= 15 is 0 Å². The molecule has 214 valence electrons. The largest absolute Gasteiger partial charge is 0.383 e. The second-order valence-electron chi connectivity index (χ2n) is 9.86. The monoisotopic (exact) mass is 565 g/mol. The van der Waals surface area contributed by atoms with Crippen LogP contribution in [0.5, 0.6) is 0 Å². The van der Waals surface area contributed by atoms with E-state index in [0.29, 0.717) is 46.7 Å². The number of hydrogen-bond acceptors (Lipinski definition) is 6. The van der Waals surface area contributed by atoms with Gasteiger partial charge in [0.15, 0.2) is 0 Å². The van der Waals surface area contributed by atoms with Gasteiger partial charge >= 0.3 is 0 Å². The quantitative estimate of drug-likeness (QED) is 0.135. The minimum Gasteiger partial charge on any atom is -0.383 e. The smallest absolute Gasteiger partial charge is 0.282 e. The summed E-state index contributed by atoms with van der Waals surface area (Å²) in [5.74, 6) is -0.994. The second kappa shape index (κ2) is 13.2. The van der Waals surface area contributed by atoms with E-state index in [2.05, 4.69) is 16.0 Å². The van der Waals surface area contributed by atoms with Crippen molar-refractivity contribution in [3.63, 3.8) is 0 Å². The molecule has 0 saturated heterocycles. The number of nitro benzene ring substituents is 1. The maximum atomic E-state index is 13.2. The zero-order valence-electron chi connectivity index (χ0n) is 23.5. The summed E-state index contributed by atoms with van der Waals surface area (Å²) in [6, 6.07) is 25.4. The summed E-state index contributed by atoms with van der Waals surface area (Å²) in [5, 5.41) is 20.5. The van der Waals surface area contributed by atoms with E-state index < -0.39 is 10.8 Å². The lowest BCUT2D eigenvalue weighted by atomic mass is 9.99. The van der Waals surface area contributed by atoms with Gasteiger partial charge in [0, 0.05) is 55.8 Å². The van der Waals surface area contributed by atoms with Crippen molar-refractivity contribution in [3.05, 3.63) is 123 Å². The molecule has 4 aromatic rings. The van der Waals surface area contributed by atoms with Gasteiger partial charge in [0.25, 0.3) is 23.4 Å². The van der Waals surface area contributed by atoms with Gasteiger partial charge in [-0.1, -0.05) is 35.9 Å². The molecular weight excluding hydrogens is 534 g/mol. The molecule has 0 unspecified atom stereocenters. The van der Waals surface area contributed by atoms with E-state index in [1.54, 1.807) is 68.7 Å². The van der Waals surface area contributed by atoms with Crippen molar-refractivity contribution < 1.29 is 19.3 Å². The second-order valence-corrected chi connectivity index (χ2v) is 9.86. The SMILES string of the molecule is Cc1cccc(C(=O)NCCNc2cccc(NC(=O)c3cc(-c4cccc(C(=O)N(C)C)c4)ccc3[N+](=O)[O-])c2)c1. The van der Waals surface area contributed by atoms with Crippen LogP contribution in [-0.4, -0.2) is 54.7 Å². The first-order valence-electron chi connectivity index (χ1n) is 13.2. The van der Waals surface area contributed by atoms with Crippen LogP contribution in [0.15, 0.2) is 91.0 Å². The van der Waals surface area contributed by atoms with Crippen LogP contribution in [0.4, 0.5) is 17.1 Å². The maximum Gasteiger partial charge on any atom is 0.282 e. The van der Waals surface area contributed by atoms with E-state index in [1.165, 1.54) is 17.0 Å². The Kier molecular flexibility index (Phi) is 9.28. The van der Waals surface area contributed by atoms with Crippen molar-refractivity contribution in [2.75, 3.05) is 37.8 Å². The number of hydrogen-bond donors (Lipinski definition) is 3. The Balaban J connectivity index is 1.45. The Labute approximate surface area is 243 Å². The average Bonchev–Trinajstić information content (AvgIpc) is 2.98. The Morgan fingerprint density at radius 3 is 2.19 bits per heavy atom. The molecule has 0 fully saturated rings. The first-order chi connectivity index (χ1) is 20.1. The average molecular weight is 566 g/mol. The van der Waals surface area contributed by atoms with Gasteiger partial charge < -0.3 is 20.9 Å². The Bertz CT molecular complexity index is 1650. The number of carbonyl (C=O) groups excluding carboxylic acids is 3. The number of nitrogens with one attached hydrogen (secondary N) is 3. The number of aryl methyl sites for hydroxylation is 1. The lowest BCUT2D eigenvalue weighted by Gasteiger charge is -2.12. The standard InChI is InChI=1S/C32H31N5O5/c1-21-7-4-9-24(17-21)30(38)34-16-15-33-26-11-6-12-27(20-26)35-31(39)28-19-23(13-14-29(28)37(41)42)22-8-5-10-25(18-22)32(40)36(2)3/h4-14,17-20,33H,15-16H2,1-3H3,(H,34,38)(H,35,39). The van der Waals surface area contributed by atoms with Gasteiger partial charge in [0.2, 0.25) is 0 Å². The minimum absolute atomic E-state index is 0.112. The summed E-state index contributed by atoms with van der Waals surface area (Å²) < 4.78 is 0. The summed E-state index contributed by atoms with van der Waals surface area (Å²) in [4.78, 5) is 50.6. The van der Waals surface area contributed by atoms with Crippen LogP contribution in [-0.2, 0) is 0 Å². The van der Waals surface area contributed by atoms with Crippen molar-refractivity contribution in [2.45, 2.75) is 6.92 Å². The number of rotatable bonds is 10. The summed E-state index contributed by atoms with van der Waals surface area (Å²) in [5.41, 5.74) is 3.94. The zero-order valence-corrected chi connectivity index (χ0v) is 23.5. The molecule has 0 radical (unpaired) electrons. The highest BCUT2D eigenvalue weighted by molar-refractivity contribution is 6.08. The Morgan fingerprint density at radius 1 is 0.762 bits per heavy atom. The number of nitrogens with zero attached hydrogens (tertiary/aromatic N) is 2. The maximum absolute atomic E-state index is 13.2. The predicted octanol–water partition coefficient (Wildman–Crippen LogP) is 5.37. The van der Waals surface area contributed by atoms with Crippen molar-refractivity contribution in [1.29, 1.82) is 0 Å². The van der Waals surface area contributed by atoms with Gasteiger partial charge in [-0.2, -0.15) is 0 Å². The molecular formula is C32H31N5O5. The predicted molar refractivity (Wildman–Crippen MR) is 163 cm³/mol. The minimum atomic E-state index is -0.647. The van der Waals surface area contributed by atoms with Gasteiger partial charge in [0.05, 0.1) is 4.92 Å². The molecule has 4 rings (SSSR count). The molecule has 0 aliphatic heterocycles. The molecule has 0 aromatic heterocycles. The third-order valence-electron chi connectivity index (χ3n) is 6.43. The first-order valence-corrected chi connectivity index (χ1v) is 13.2. The fraction of sp³-hybridized carbons (Fsp3) is 0.156. The molecule has 0 saturated carbocycles. The van der Waals surface area contributed by atoms with Crippen LogP contribution < -0.4 is 16.0 Å². The number of amides is 3. The lowest BCUT2D eigenvalue weighted by Crippen LogP contribution is -2.28. The molecule has 10 heteroatoms. The molecule has 10 nitrogen and oxygen atoms in total. The summed E-state index contributed by atoms with van der Waals surface area (Å²) >= 11 is 0. The van der Waals surface area contributed by atoms with E-state index in [1.807, 2.05) is 31.2 Å². The molecule has 42 heavy (non-hydrogen) atoms. The molecule has 0 bridgehead atoms. The number of benzene rings is 4. The van der Waals surface area contributed by atoms with Gasteiger partial charge in [-0.25, -0.2) is 0 Å². The van der Waals surface area contributed by atoms with Crippen LogP contribution in [0.2, 0.25) is 0 Å². The number of anilines is 2. The lowest BCUT2D eigenvalue weighted by molar-refractivity contribution is -0.385. The van der Waals surface area contributed by atoms with Crippen LogP contribution in [0.1, 0.15) is 36.6 Å². The van der Waals surface area contributed by atoms with Gasteiger partial charge in [-0.05, 0) is 72.6 Å². The third-order valence-corrected chi connectivity index (χ3v) is 6.43. The van der Waals surface area contributed by atoms with E-state index in [-0.39, 0.29) is 23.1 Å². The van der Waals surface area contributed by atoms with Crippen LogP contribution in [0.25, 0.3) is 11.1 Å². The van der Waals surface area contributed by atoms with Gasteiger partial charge in [0.1, 0.15) is 5.56 Å². The molecule has 4 aromatic carbocycles. The summed E-state index contributed by atoms with van der Waals surface area (Å²) in [6.45, 7) is 2.75. The zero-order chi connectivity index (χ0) is 30.2. The molecule has 0 atom stereocenters. The third kappa shape index (κ3) is 7.36. The van der Waals surface area contributed by atoms with E-state index in [0.717, 1.165) is 5.56 Å². The normalized spacial score (nSPS) is 10.5. The summed E-state index contributed by atoms with van der Waals surface area (Å²) in [7, 11) is 3.30. The highest BCUT2D eigenvalue weighted by Crippen LogP contribution is 2.28. The van der Waals surface area contributed by atoms with Gasteiger partial charge in [-0.15, -0.1) is 0 Å². The van der Waals surface area contributed by atoms with Crippen LogP contribution >= 0.6 is 0 Å². The fourth-order valence-corrected chi connectivity index (χ4v) is 4.32. The topological polar surface area (TPSA) is 134 Å². The van der Waals surface area contributed by atoms with Crippen molar-refractivity contribution in [3.8, 4) is 11.1 Å². The van der Waals surface area contributed by atoms with E-state index in [9.17, 15) is 24.5 Å². The van der Waals surface area contributed by atoms with Crippen molar-refractivity contribution >= 4 is 34.8 Å². The van der Waals surface area contributed by atoms with Crippen molar-refractivity contribution in [2.24, 2.45) is 0 Å². The molecule has 0 aliphatic carbocycles. The molecule has 3 amide bonds. The molecule has 0 aliphatic rings.